The molecular weight excluding hydrogens is 407 g/mol. The first-order chi connectivity index (χ1) is 14.3. The number of halogens is 2. The zero-order valence-electron chi connectivity index (χ0n) is 17.2. The van der Waals surface area contributed by atoms with Gasteiger partial charge in [0, 0.05) is 24.7 Å². The van der Waals surface area contributed by atoms with Gasteiger partial charge in [-0.1, -0.05) is 42.5 Å². The first-order valence-corrected chi connectivity index (χ1v) is 9.88. The predicted octanol–water partition coefficient (Wildman–Crippen LogP) is 4.51. The van der Waals surface area contributed by atoms with E-state index in [1.54, 1.807) is 6.08 Å². The van der Waals surface area contributed by atoms with Gasteiger partial charge in [0.15, 0.2) is 6.61 Å². The van der Waals surface area contributed by atoms with Gasteiger partial charge in [0.05, 0.1) is 5.02 Å². The normalized spacial score (nSPS) is 11.2. The third-order valence-electron chi connectivity index (χ3n) is 4.26. The monoisotopic (exact) mass is 434 g/mol. The molecule has 0 aromatic heterocycles. The topological polar surface area (TPSA) is 67.4 Å². The molecule has 1 rings (SSSR count). The van der Waals surface area contributed by atoms with Gasteiger partial charge in [0.1, 0.15) is 11.6 Å². The van der Waals surface area contributed by atoms with Crippen LogP contribution in [0.25, 0.3) is 0 Å². The van der Waals surface area contributed by atoms with Crippen LogP contribution in [0.2, 0.25) is 5.02 Å². The molecule has 0 saturated heterocycles. The van der Waals surface area contributed by atoms with Crippen molar-refractivity contribution in [2.24, 2.45) is 0 Å². The van der Waals surface area contributed by atoms with Crippen LogP contribution >= 0.6 is 11.6 Å². The van der Waals surface area contributed by atoms with Gasteiger partial charge in [-0.2, -0.15) is 0 Å². The molecular formula is C23H28ClFN2O3. The molecule has 0 aliphatic heterocycles. The van der Waals surface area contributed by atoms with Crippen molar-refractivity contribution in [1.82, 2.24) is 10.6 Å². The maximum absolute atomic E-state index is 13.3. The number of hydrogen-bond acceptors (Lipinski definition) is 3. The van der Waals surface area contributed by atoms with Gasteiger partial charge < -0.3 is 15.4 Å². The number of hydrogen-bond donors (Lipinski definition) is 2. The van der Waals surface area contributed by atoms with E-state index in [-0.39, 0.29) is 29.8 Å². The molecule has 0 aliphatic carbocycles. The molecule has 0 unspecified atom stereocenters. The second-order valence-electron chi connectivity index (χ2n) is 6.58. The number of carbonyl (C=O) groups is 2. The van der Waals surface area contributed by atoms with Gasteiger partial charge in [-0.15, -0.1) is 6.58 Å². The van der Waals surface area contributed by atoms with Crippen LogP contribution in [0.5, 0.6) is 5.75 Å². The highest BCUT2D eigenvalue weighted by atomic mass is 35.5. The number of rotatable bonds is 13. The van der Waals surface area contributed by atoms with E-state index in [1.807, 2.05) is 13.0 Å². The Balaban J connectivity index is 2.29. The van der Waals surface area contributed by atoms with Crippen LogP contribution in [0.15, 0.2) is 66.8 Å². The fourth-order valence-corrected chi connectivity index (χ4v) is 2.62. The number of carbonyl (C=O) groups excluding carboxylic acids is 2. The summed E-state index contributed by atoms with van der Waals surface area (Å²) in [7, 11) is 0. The Morgan fingerprint density at radius 3 is 2.53 bits per heavy atom. The van der Waals surface area contributed by atoms with Crippen molar-refractivity contribution in [1.29, 1.82) is 0 Å². The minimum atomic E-state index is -0.622. The summed E-state index contributed by atoms with van der Waals surface area (Å²) < 4.78 is 18.5. The van der Waals surface area contributed by atoms with Crippen LogP contribution in [0, 0.1) is 5.82 Å². The van der Waals surface area contributed by atoms with Crippen molar-refractivity contribution in [2.75, 3.05) is 19.7 Å². The van der Waals surface area contributed by atoms with Crippen molar-refractivity contribution in [2.45, 2.75) is 26.2 Å². The second kappa shape index (κ2) is 13.4. The van der Waals surface area contributed by atoms with E-state index in [2.05, 4.69) is 30.4 Å². The van der Waals surface area contributed by atoms with E-state index in [4.69, 9.17) is 16.3 Å². The summed E-state index contributed by atoms with van der Waals surface area (Å²) in [5, 5.41) is 5.41. The molecule has 0 heterocycles. The Morgan fingerprint density at radius 1 is 1.20 bits per heavy atom. The first-order valence-electron chi connectivity index (χ1n) is 9.51. The molecule has 7 heteroatoms. The second-order valence-corrected chi connectivity index (χ2v) is 6.98. The van der Waals surface area contributed by atoms with Gasteiger partial charge in [-0.25, -0.2) is 4.39 Å². The SMILES string of the molecule is C=CC/C(C)=C(/C=C)CCNC(=O)C(=C)CCNC(=O)COc1ccc(Cl)c(F)c1. The molecule has 0 fully saturated rings. The van der Waals surface area contributed by atoms with E-state index in [9.17, 15) is 14.0 Å². The number of ether oxygens (including phenoxy) is 1. The average molecular weight is 435 g/mol. The highest BCUT2D eigenvalue weighted by Gasteiger charge is 2.09. The summed E-state index contributed by atoms with van der Waals surface area (Å²) in [6, 6.07) is 3.92. The summed E-state index contributed by atoms with van der Waals surface area (Å²) in [5.41, 5.74) is 2.61. The maximum atomic E-state index is 13.3. The lowest BCUT2D eigenvalue weighted by molar-refractivity contribution is -0.123. The van der Waals surface area contributed by atoms with Crippen LogP contribution in [-0.2, 0) is 9.59 Å². The molecule has 30 heavy (non-hydrogen) atoms. The number of benzene rings is 1. The highest BCUT2D eigenvalue weighted by Crippen LogP contribution is 2.20. The Morgan fingerprint density at radius 2 is 1.90 bits per heavy atom. The van der Waals surface area contributed by atoms with Crippen molar-refractivity contribution in [3.05, 3.63) is 77.6 Å². The average Bonchev–Trinajstić information content (AvgIpc) is 2.71. The number of amides is 2. The summed E-state index contributed by atoms with van der Waals surface area (Å²) in [5.74, 6) is -1.07. The summed E-state index contributed by atoms with van der Waals surface area (Å²) in [6.45, 7) is 13.7. The fourth-order valence-electron chi connectivity index (χ4n) is 2.51. The Labute approximate surface area is 182 Å². The van der Waals surface area contributed by atoms with Crippen LogP contribution in [0.4, 0.5) is 4.39 Å². The number of nitrogens with one attached hydrogen (secondary N) is 2. The van der Waals surface area contributed by atoms with E-state index in [1.165, 1.54) is 17.7 Å². The molecule has 0 bridgehead atoms. The molecule has 1 aromatic carbocycles. The quantitative estimate of drug-likeness (QED) is 0.273. The molecule has 2 N–H and O–H groups in total. The van der Waals surface area contributed by atoms with Gasteiger partial charge >= 0.3 is 0 Å². The fraction of sp³-hybridized carbons (Fsp3) is 0.304. The summed E-state index contributed by atoms with van der Waals surface area (Å²) in [4.78, 5) is 23.9. The molecule has 0 radical (unpaired) electrons. The molecule has 0 saturated carbocycles. The predicted molar refractivity (Wildman–Crippen MR) is 119 cm³/mol. The molecule has 2 amide bonds. The minimum Gasteiger partial charge on any atom is -0.484 e. The van der Waals surface area contributed by atoms with Gasteiger partial charge in [0.2, 0.25) is 5.91 Å². The Kier molecular flexibility index (Phi) is 11.2. The molecule has 162 valence electrons. The summed E-state index contributed by atoms with van der Waals surface area (Å²) in [6.07, 6.45) is 5.36. The maximum Gasteiger partial charge on any atom is 0.257 e. The van der Waals surface area contributed by atoms with Gasteiger partial charge in [0.25, 0.3) is 5.91 Å². The minimum absolute atomic E-state index is 0.0211. The van der Waals surface area contributed by atoms with Gasteiger partial charge in [-0.05, 0) is 43.9 Å². The zero-order valence-corrected chi connectivity index (χ0v) is 18.0. The molecule has 1 aromatic rings. The Hall–Kier alpha value is -2.86. The van der Waals surface area contributed by atoms with Gasteiger partial charge in [-0.3, -0.25) is 9.59 Å². The third-order valence-corrected chi connectivity index (χ3v) is 4.56. The third kappa shape index (κ3) is 9.09. The van der Waals surface area contributed by atoms with Crippen molar-refractivity contribution >= 4 is 23.4 Å². The molecule has 5 nitrogen and oxygen atoms in total. The lowest BCUT2D eigenvalue weighted by atomic mass is 10.0. The van der Waals surface area contributed by atoms with Crippen molar-refractivity contribution < 1.29 is 18.7 Å². The first kappa shape index (κ1) is 25.2. The van der Waals surface area contributed by atoms with Crippen LogP contribution in [-0.4, -0.2) is 31.5 Å². The largest absolute Gasteiger partial charge is 0.484 e. The van der Waals surface area contributed by atoms with Crippen molar-refractivity contribution in [3.8, 4) is 5.75 Å². The lowest BCUT2D eigenvalue weighted by Gasteiger charge is -2.11. The highest BCUT2D eigenvalue weighted by molar-refractivity contribution is 6.30. The lowest BCUT2D eigenvalue weighted by Crippen LogP contribution is -2.32. The number of allylic oxidation sites excluding steroid dienone is 3. The molecule has 0 aliphatic rings. The van der Waals surface area contributed by atoms with Crippen LogP contribution < -0.4 is 15.4 Å². The molecule has 0 atom stereocenters. The van der Waals surface area contributed by atoms with E-state index < -0.39 is 11.7 Å². The summed E-state index contributed by atoms with van der Waals surface area (Å²) >= 11 is 5.59. The smallest absolute Gasteiger partial charge is 0.257 e. The van der Waals surface area contributed by atoms with Crippen LogP contribution in [0.1, 0.15) is 26.2 Å². The zero-order chi connectivity index (χ0) is 22.5. The van der Waals surface area contributed by atoms with E-state index in [0.717, 1.165) is 18.1 Å². The van der Waals surface area contributed by atoms with Crippen LogP contribution in [0.3, 0.4) is 0 Å². The standard InChI is InChI=1S/C23H28ClFN2O3/c1-5-7-16(3)18(6-2)11-13-27-23(29)17(4)10-12-26-22(28)15-30-19-8-9-20(24)21(25)14-19/h5-6,8-9,14H,1-2,4,7,10-13,15H2,3H3,(H,26,28)(H,27,29)/b18-16-. The van der Waals surface area contributed by atoms with E-state index in [0.29, 0.717) is 25.0 Å². The van der Waals surface area contributed by atoms with E-state index >= 15 is 0 Å². The Bertz CT molecular complexity index is 834. The molecule has 0 spiro atoms. The van der Waals surface area contributed by atoms with Crippen molar-refractivity contribution in [3.63, 3.8) is 0 Å².